The lowest BCUT2D eigenvalue weighted by atomic mass is 10.1. The Morgan fingerprint density at radius 2 is 2.08 bits per heavy atom. The van der Waals surface area contributed by atoms with Crippen LogP contribution < -0.4 is 5.32 Å². The normalized spacial score (nSPS) is 10.5. The van der Waals surface area contributed by atoms with Gasteiger partial charge in [-0.2, -0.15) is 0 Å². The maximum Gasteiger partial charge on any atom is 0.326 e. The van der Waals surface area contributed by atoms with E-state index in [1.807, 2.05) is 6.07 Å². The van der Waals surface area contributed by atoms with Crippen molar-refractivity contribution in [1.29, 1.82) is 0 Å². The minimum atomic E-state index is -0.405. The van der Waals surface area contributed by atoms with Crippen LogP contribution in [0, 0.1) is 0 Å². The number of ether oxygens (including phenoxy) is 1. The summed E-state index contributed by atoms with van der Waals surface area (Å²) in [5.74, 6) is -0.394. The number of esters is 1. The molecule has 0 bridgehead atoms. The first-order valence-corrected chi connectivity index (χ1v) is 8.07. The van der Waals surface area contributed by atoms with E-state index >= 15 is 0 Å². The molecule has 1 amide bonds. The Hall–Kier alpha value is -2.05. The maximum absolute atomic E-state index is 11.7. The number of carbonyl (C=O) groups excluding carboxylic acids is 2. The van der Waals surface area contributed by atoms with Gasteiger partial charge in [0, 0.05) is 29.6 Å². The number of hydrogen-bond acceptors (Lipinski definition) is 4. The predicted molar refractivity (Wildman–Crippen MR) is 92.4 cm³/mol. The van der Waals surface area contributed by atoms with Crippen LogP contribution in [-0.4, -0.2) is 28.0 Å². The number of amides is 1. The fraction of sp³-hybridized carbons (Fsp3) is 0.312. The van der Waals surface area contributed by atoms with Crippen molar-refractivity contribution in [1.82, 2.24) is 9.55 Å². The number of nitrogens with zero attached hydrogens (tertiary/aromatic N) is 2. The van der Waals surface area contributed by atoms with Crippen molar-refractivity contribution in [3.8, 4) is 0 Å². The first kappa shape index (κ1) is 18.3. The third-order valence-electron chi connectivity index (χ3n) is 3.11. The molecule has 6 nitrogen and oxygen atoms in total. The Balaban J connectivity index is 2.25. The Bertz CT molecular complexity index is 759. The number of rotatable bonds is 6. The minimum absolute atomic E-state index is 0.0369. The summed E-state index contributed by atoms with van der Waals surface area (Å²) in [5, 5.41) is 3.68. The second-order valence-corrected chi connectivity index (χ2v) is 5.93. The average molecular weight is 370 g/mol. The first-order chi connectivity index (χ1) is 11.4. The molecule has 128 valence electrons. The summed E-state index contributed by atoms with van der Waals surface area (Å²) >= 11 is 12.1. The Kier molecular flexibility index (Phi) is 6.23. The molecule has 0 atom stereocenters. The Morgan fingerprint density at radius 3 is 2.71 bits per heavy atom. The van der Waals surface area contributed by atoms with Gasteiger partial charge < -0.3 is 9.30 Å². The lowest BCUT2D eigenvalue weighted by Crippen LogP contribution is -2.17. The van der Waals surface area contributed by atoms with E-state index in [1.54, 1.807) is 29.8 Å². The molecule has 0 fully saturated rings. The number of imidazole rings is 1. The van der Waals surface area contributed by atoms with Gasteiger partial charge in [-0.05, 0) is 24.6 Å². The summed E-state index contributed by atoms with van der Waals surface area (Å²) in [6, 6.07) is 5.21. The van der Waals surface area contributed by atoms with Crippen molar-refractivity contribution >= 4 is 41.0 Å². The van der Waals surface area contributed by atoms with Crippen LogP contribution in [0.1, 0.15) is 25.1 Å². The molecular formula is C16H17Cl2N3O3. The van der Waals surface area contributed by atoms with E-state index in [4.69, 9.17) is 27.9 Å². The van der Waals surface area contributed by atoms with Crippen molar-refractivity contribution in [2.24, 2.45) is 0 Å². The highest BCUT2D eigenvalue weighted by atomic mass is 35.5. The maximum atomic E-state index is 11.7. The van der Waals surface area contributed by atoms with Gasteiger partial charge >= 0.3 is 5.97 Å². The average Bonchev–Trinajstić information content (AvgIpc) is 2.83. The molecule has 2 rings (SSSR count). The van der Waals surface area contributed by atoms with Crippen LogP contribution in [-0.2, 0) is 27.3 Å². The van der Waals surface area contributed by atoms with Crippen molar-refractivity contribution < 1.29 is 14.3 Å². The van der Waals surface area contributed by atoms with E-state index < -0.39 is 5.97 Å². The third kappa shape index (κ3) is 4.97. The van der Waals surface area contributed by atoms with Gasteiger partial charge in [0.05, 0.1) is 12.3 Å². The van der Waals surface area contributed by atoms with Crippen LogP contribution in [0.2, 0.25) is 10.0 Å². The van der Waals surface area contributed by atoms with Gasteiger partial charge in [0.15, 0.2) is 0 Å². The molecule has 1 heterocycles. The molecule has 8 heteroatoms. The lowest BCUT2D eigenvalue weighted by Gasteiger charge is -2.06. The van der Waals surface area contributed by atoms with Gasteiger partial charge in [-0.3, -0.25) is 14.9 Å². The highest BCUT2D eigenvalue weighted by Crippen LogP contribution is 2.23. The summed E-state index contributed by atoms with van der Waals surface area (Å²) in [7, 11) is 0. The van der Waals surface area contributed by atoms with E-state index in [-0.39, 0.29) is 25.0 Å². The molecule has 0 aliphatic heterocycles. The van der Waals surface area contributed by atoms with Crippen LogP contribution in [0.15, 0.2) is 24.4 Å². The van der Waals surface area contributed by atoms with E-state index in [9.17, 15) is 9.59 Å². The highest BCUT2D eigenvalue weighted by molar-refractivity contribution is 6.35. The second kappa shape index (κ2) is 8.17. The molecule has 1 N–H and O–H groups in total. The third-order valence-corrected chi connectivity index (χ3v) is 3.69. The standard InChI is InChI=1S/C16H17Cl2N3O3/c1-3-24-15(23)9-21-8-13(20-16(21)19-10(2)22)6-11-4-5-12(17)7-14(11)18/h4-5,7-8H,3,6,9H2,1-2H3,(H,19,20,22). The molecule has 1 aromatic carbocycles. The molecule has 0 unspecified atom stereocenters. The van der Waals surface area contributed by atoms with Gasteiger partial charge in [0.2, 0.25) is 11.9 Å². The van der Waals surface area contributed by atoms with Crippen LogP contribution >= 0.6 is 23.2 Å². The van der Waals surface area contributed by atoms with Crippen LogP contribution in [0.3, 0.4) is 0 Å². The van der Waals surface area contributed by atoms with Crippen molar-refractivity contribution in [3.63, 3.8) is 0 Å². The molecule has 0 saturated heterocycles. The smallest absolute Gasteiger partial charge is 0.326 e. The summed E-state index contributed by atoms with van der Waals surface area (Å²) in [4.78, 5) is 27.4. The molecular weight excluding hydrogens is 353 g/mol. The number of halogens is 2. The van der Waals surface area contributed by atoms with Crippen molar-refractivity contribution in [2.75, 3.05) is 11.9 Å². The van der Waals surface area contributed by atoms with Crippen LogP contribution in [0.5, 0.6) is 0 Å². The lowest BCUT2D eigenvalue weighted by molar-refractivity contribution is -0.143. The molecule has 0 spiro atoms. The largest absolute Gasteiger partial charge is 0.465 e. The molecule has 1 aromatic heterocycles. The zero-order chi connectivity index (χ0) is 17.7. The van der Waals surface area contributed by atoms with Crippen molar-refractivity contribution in [3.05, 3.63) is 45.7 Å². The number of anilines is 1. The molecule has 0 aliphatic rings. The zero-order valence-electron chi connectivity index (χ0n) is 13.3. The first-order valence-electron chi connectivity index (χ1n) is 7.32. The summed E-state index contributed by atoms with van der Waals surface area (Å²) < 4.78 is 6.47. The van der Waals surface area contributed by atoms with Crippen LogP contribution in [0.25, 0.3) is 0 Å². The molecule has 24 heavy (non-hydrogen) atoms. The van der Waals surface area contributed by atoms with E-state index in [2.05, 4.69) is 10.3 Å². The summed E-state index contributed by atoms with van der Waals surface area (Å²) in [5.41, 5.74) is 1.50. The number of hydrogen-bond donors (Lipinski definition) is 1. The predicted octanol–water partition coefficient (Wildman–Crippen LogP) is 3.30. The van der Waals surface area contributed by atoms with Gasteiger partial charge in [-0.25, -0.2) is 4.98 Å². The Morgan fingerprint density at radius 1 is 1.33 bits per heavy atom. The molecule has 0 aliphatic carbocycles. The summed E-state index contributed by atoms with van der Waals surface area (Å²) in [6.45, 7) is 3.36. The van der Waals surface area contributed by atoms with Crippen molar-refractivity contribution in [2.45, 2.75) is 26.8 Å². The van der Waals surface area contributed by atoms with Gasteiger partial charge in [0.1, 0.15) is 6.54 Å². The second-order valence-electron chi connectivity index (χ2n) is 5.08. The number of aromatic nitrogens is 2. The number of carbonyl (C=O) groups is 2. The minimum Gasteiger partial charge on any atom is -0.465 e. The molecule has 0 radical (unpaired) electrons. The number of benzene rings is 1. The fourth-order valence-electron chi connectivity index (χ4n) is 2.14. The monoisotopic (exact) mass is 369 g/mol. The SMILES string of the molecule is CCOC(=O)Cn1cc(Cc2ccc(Cl)cc2Cl)nc1NC(C)=O. The zero-order valence-corrected chi connectivity index (χ0v) is 14.8. The molecule has 2 aromatic rings. The topological polar surface area (TPSA) is 73.2 Å². The summed E-state index contributed by atoms with van der Waals surface area (Å²) in [6.07, 6.45) is 2.13. The number of nitrogens with one attached hydrogen (secondary N) is 1. The van der Waals surface area contributed by atoms with Gasteiger partial charge in [-0.15, -0.1) is 0 Å². The van der Waals surface area contributed by atoms with E-state index in [0.717, 1.165) is 5.56 Å². The fourth-order valence-corrected chi connectivity index (χ4v) is 2.61. The van der Waals surface area contributed by atoms with E-state index in [1.165, 1.54) is 6.92 Å². The van der Waals surface area contributed by atoms with Gasteiger partial charge in [-0.1, -0.05) is 29.3 Å². The molecule has 0 saturated carbocycles. The van der Waals surface area contributed by atoms with E-state index in [0.29, 0.717) is 22.2 Å². The van der Waals surface area contributed by atoms with Crippen LogP contribution in [0.4, 0.5) is 5.95 Å². The van der Waals surface area contributed by atoms with Gasteiger partial charge in [0.25, 0.3) is 0 Å². The Labute approximate surface area is 149 Å². The highest BCUT2D eigenvalue weighted by Gasteiger charge is 2.14. The quantitative estimate of drug-likeness (QED) is 0.792.